The number of hydrogen-bond acceptors (Lipinski definition) is 2. The van der Waals surface area contributed by atoms with Gasteiger partial charge in [-0.05, 0) is 41.2 Å². The first-order valence-electron chi connectivity index (χ1n) is 8.28. The van der Waals surface area contributed by atoms with E-state index in [1.807, 2.05) is 37.3 Å². The SMILES string of the molecule is C=CC(O)c1ccc(OC)c(C(C)C)c1/C(=C/C)c1ccccc1. The molecule has 0 heterocycles. The van der Waals surface area contributed by atoms with E-state index >= 15 is 0 Å². The molecule has 1 N–H and O–H groups in total. The molecular weight excluding hydrogens is 296 g/mol. The van der Waals surface area contributed by atoms with E-state index in [0.29, 0.717) is 0 Å². The van der Waals surface area contributed by atoms with Crippen LogP contribution in [0.1, 0.15) is 55.0 Å². The van der Waals surface area contributed by atoms with Crippen LogP contribution in [0.2, 0.25) is 0 Å². The average molecular weight is 322 g/mol. The van der Waals surface area contributed by atoms with Crippen molar-refractivity contribution in [2.75, 3.05) is 7.11 Å². The molecule has 24 heavy (non-hydrogen) atoms. The molecule has 2 rings (SSSR count). The van der Waals surface area contributed by atoms with Crippen LogP contribution < -0.4 is 4.74 Å². The number of aliphatic hydroxyl groups excluding tert-OH is 1. The lowest BCUT2D eigenvalue weighted by molar-refractivity contribution is 0.228. The number of rotatable bonds is 6. The molecule has 126 valence electrons. The van der Waals surface area contributed by atoms with Crippen molar-refractivity contribution in [3.05, 3.63) is 83.4 Å². The van der Waals surface area contributed by atoms with E-state index in [0.717, 1.165) is 33.6 Å². The summed E-state index contributed by atoms with van der Waals surface area (Å²) in [5, 5.41) is 10.5. The van der Waals surface area contributed by atoms with Gasteiger partial charge in [-0.3, -0.25) is 0 Å². The predicted octanol–water partition coefficient (Wildman–Crippen LogP) is 5.49. The summed E-state index contributed by atoms with van der Waals surface area (Å²) in [6, 6.07) is 14.1. The molecule has 0 bridgehead atoms. The third kappa shape index (κ3) is 3.44. The highest BCUT2D eigenvalue weighted by Gasteiger charge is 2.22. The molecule has 1 atom stereocenters. The number of hydrogen-bond donors (Lipinski definition) is 1. The highest BCUT2D eigenvalue weighted by Crippen LogP contribution is 2.40. The molecule has 0 saturated heterocycles. The zero-order valence-electron chi connectivity index (χ0n) is 14.9. The Bertz CT molecular complexity index is 727. The van der Waals surface area contributed by atoms with Gasteiger partial charge in [0, 0.05) is 5.56 Å². The van der Waals surface area contributed by atoms with E-state index in [2.05, 4.69) is 38.6 Å². The summed E-state index contributed by atoms with van der Waals surface area (Å²) < 4.78 is 5.61. The molecular formula is C22H26O2. The van der Waals surface area contributed by atoms with E-state index in [9.17, 15) is 5.11 Å². The first-order valence-corrected chi connectivity index (χ1v) is 8.28. The van der Waals surface area contributed by atoms with E-state index in [1.165, 1.54) is 0 Å². The maximum absolute atomic E-state index is 10.5. The van der Waals surface area contributed by atoms with Crippen LogP contribution in [0.15, 0.2) is 61.2 Å². The Kier molecular flexibility index (Phi) is 5.99. The van der Waals surface area contributed by atoms with Crippen molar-refractivity contribution in [3.8, 4) is 5.75 Å². The predicted molar refractivity (Wildman–Crippen MR) is 101 cm³/mol. The minimum atomic E-state index is -0.720. The molecule has 0 aliphatic heterocycles. The number of methoxy groups -OCH3 is 1. The molecule has 2 aromatic rings. The van der Waals surface area contributed by atoms with Gasteiger partial charge in [0.2, 0.25) is 0 Å². The summed E-state index contributed by atoms with van der Waals surface area (Å²) in [4.78, 5) is 0. The lowest BCUT2D eigenvalue weighted by Crippen LogP contribution is -2.08. The zero-order chi connectivity index (χ0) is 17.7. The second-order valence-corrected chi connectivity index (χ2v) is 6.05. The Hall–Kier alpha value is -2.32. The Morgan fingerprint density at radius 2 is 1.79 bits per heavy atom. The normalized spacial score (nSPS) is 13.0. The highest BCUT2D eigenvalue weighted by atomic mass is 16.5. The van der Waals surface area contributed by atoms with Crippen molar-refractivity contribution in [3.63, 3.8) is 0 Å². The first kappa shape index (κ1) is 18.0. The van der Waals surface area contributed by atoms with Gasteiger partial charge in [0.25, 0.3) is 0 Å². The van der Waals surface area contributed by atoms with Gasteiger partial charge in [-0.2, -0.15) is 0 Å². The molecule has 0 radical (unpaired) electrons. The summed E-state index contributed by atoms with van der Waals surface area (Å²) in [5.41, 5.74) is 5.20. The Morgan fingerprint density at radius 3 is 2.29 bits per heavy atom. The smallest absolute Gasteiger partial charge is 0.122 e. The summed E-state index contributed by atoms with van der Waals surface area (Å²) >= 11 is 0. The van der Waals surface area contributed by atoms with Crippen LogP contribution in [0.5, 0.6) is 5.75 Å². The topological polar surface area (TPSA) is 29.5 Å². The first-order chi connectivity index (χ1) is 11.5. The van der Waals surface area contributed by atoms with Crippen molar-refractivity contribution >= 4 is 5.57 Å². The molecule has 0 amide bonds. The molecule has 2 nitrogen and oxygen atoms in total. The van der Waals surface area contributed by atoms with Gasteiger partial charge in [0.15, 0.2) is 0 Å². The number of aliphatic hydroxyl groups is 1. The second kappa shape index (κ2) is 7.98. The van der Waals surface area contributed by atoms with Gasteiger partial charge in [-0.15, -0.1) is 6.58 Å². The van der Waals surface area contributed by atoms with Crippen molar-refractivity contribution in [2.24, 2.45) is 0 Å². The maximum Gasteiger partial charge on any atom is 0.122 e. The van der Waals surface area contributed by atoms with Crippen LogP contribution in [0.25, 0.3) is 5.57 Å². The Morgan fingerprint density at radius 1 is 1.12 bits per heavy atom. The zero-order valence-corrected chi connectivity index (χ0v) is 14.9. The van der Waals surface area contributed by atoms with E-state index in [1.54, 1.807) is 13.2 Å². The van der Waals surface area contributed by atoms with Crippen LogP contribution >= 0.6 is 0 Å². The third-order valence-electron chi connectivity index (χ3n) is 4.22. The summed E-state index contributed by atoms with van der Waals surface area (Å²) in [6.07, 6.45) is 2.94. The van der Waals surface area contributed by atoms with Crippen LogP contribution in [0, 0.1) is 0 Å². The molecule has 2 aromatic carbocycles. The van der Waals surface area contributed by atoms with Gasteiger partial charge in [0.05, 0.1) is 13.2 Å². The molecule has 0 aromatic heterocycles. The Balaban J connectivity index is 2.84. The van der Waals surface area contributed by atoms with Crippen molar-refractivity contribution in [2.45, 2.75) is 32.8 Å². The lowest BCUT2D eigenvalue weighted by atomic mass is 9.83. The molecule has 0 spiro atoms. The van der Waals surface area contributed by atoms with E-state index in [4.69, 9.17) is 4.74 Å². The summed E-state index contributed by atoms with van der Waals surface area (Å²) in [5.74, 6) is 1.10. The number of benzene rings is 2. The molecule has 1 unspecified atom stereocenters. The van der Waals surface area contributed by atoms with Gasteiger partial charge in [-0.1, -0.05) is 62.4 Å². The van der Waals surface area contributed by atoms with E-state index in [-0.39, 0.29) is 5.92 Å². The van der Waals surface area contributed by atoms with Gasteiger partial charge < -0.3 is 9.84 Å². The largest absolute Gasteiger partial charge is 0.496 e. The lowest BCUT2D eigenvalue weighted by Gasteiger charge is -2.24. The fourth-order valence-electron chi connectivity index (χ4n) is 3.12. The molecule has 0 aliphatic carbocycles. The third-order valence-corrected chi connectivity index (χ3v) is 4.22. The van der Waals surface area contributed by atoms with Crippen LogP contribution in [-0.4, -0.2) is 12.2 Å². The molecule has 0 fully saturated rings. The highest BCUT2D eigenvalue weighted by molar-refractivity contribution is 5.84. The van der Waals surface area contributed by atoms with Crippen LogP contribution in [0.4, 0.5) is 0 Å². The fraction of sp³-hybridized carbons (Fsp3) is 0.273. The molecule has 0 saturated carbocycles. The molecule has 2 heteroatoms. The van der Waals surface area contributed by atoms with Gasteiger partial charge in [-0.25, -0.2) is 0 Å². The van der Waals surface area contributed by atoms with Crippen molar-refractivity contribution in [1.82, 2.24) is 0 Å². The van der Waals surface area contributed by atoms with Crippen LogP contribution in [0.3, 0.4) is 0 Å². The van der Waals surface area contributed by atoms with Gasteiger partial charge >= 0.3 is 0 Å². The summed E-state index contributed by atoms with van der Waals surface area (Å²) in [6.45, 7) is 10.1. The van der Waals surface area contributed by atoms with Crippen LogP contribution in [-0.2, 0) is 0 Å². The second-order valence-electron chi connectivity index (χ2n) is 6.05. The number of ether oxygens (including phenoxy) is 1. The van der Waals surface area contributed by atoms with Crippen molar-refractivity contribution in [1.29, 1.82) is 0 Å². The minimum Gasteiger partial charge on any atom is -0.496 e. The standard InChI is InChI=1S/C22H26O2/c1-6-17(16-11-9-8-10-12-16)22-18(19(23)7-2)13-14-20(24-5)21(22)15(3)4/h6-15,19,23H,2H2,1,3-5H3/b17-6+. The van der Waals surface area contributed by atoms with E-state index < -0.39 is 6.10 Å². The summed E-state index contributed by atoms with van der Waals surface area (Å²) in [7, 11) is 1.69. The van der Waals surface area contributed by atoms with Gasteiger partial charge in [0.1, 0.15) is 5.75 Å². The number of allylic oxidation sites excluding steroid dienone is 1. The maximum atomic E-state index is 10.5. The van der Waals surface area contributed by atoms with Crippen molar-refractivity contribution < 1.29 is 9.84 Å². The monoisotopic (exact) mass is 322 g/mol. The average Bonchev–Trinajstić information content (AvgIpc) is 2.61. The Labute approximate surface area is 145 Å². The minimum absolute atomic E-state index is 0.255. The quantitative estimate of drug-likeness (QED) is 0.713. The molecule has 0 aliphatic rings. The fourth-order valence-corrected chi connectivity index (χ4v) is 3.12.